The topological polar surface area (TPSA) is 71.8 Å². The summed E-state index contributed by atoms with van der Waals surface area (Å²) in [6.45, 7) is -2.02. The summed E-state index contributed by atoms with van der Waals surface area (Å²) in [5.41, 5.74) is 0.847. The van der Waals surface area contributed by atoms with E-state index in [1.54, 1.807) is 11.3 Å². The molecule has 2 aromatic rings. The van der Waals surface area contributed by atoms with E-state index in [1.165, 1.54) is 25.2 Å². The van der Waals surface area contributed by atoms with E-state index in [0.29, 0.717) is 12.5 Å². The van der Waals surface area contributed by atoms with E-state index in [0.717, 1.165) is 15.3 Å². The number of hydrogen-bond donors (Lipinski definition) is 2. The lowest BCUT2D eigenvalue weighted by atomic mass is 10.4. The molecule has 1 aliphatic carbocycles. The molecule has 23 heavy (non-hydrogen) atoms. The minimum atomic E-state index is -2.62. The highest BCUT2D eigenvalue weighted by Gasteiger charge is 2.26. The highest BCUT2D eigenvalue weighted by atomic mass is 32.1. The number of aromatic nitrogens is 3. The van der Waals surface area contributed by atoms with Crippen molar-refractivity contribution in [3.8, 4) is 0 Å². The number of hydrogen-bond acceptors (Lipinski definition) is 4. The predicted molar refractivity (Wildman–Crippen MR) is 81.5 cm³/mol. The second-order valence-electron chi connectivity index (χ2n) is 5.34. The average molecular weight is 341 g/mol. The van der Waals surface area contributed by atoms with Crippen LogP contribution in [0.25, 0.3) is 0 Å². The number of rotatable bonds is 7. The number of imidazole rings is 1. The summed E-state index contributed by atoms with van der Waals surface area (Å²) in [4.78, 5) is 20.0. The van der Waals surface area contributed by atoms with Crippen molar-refractivity contribution in [3.63, 3.8) is 0 Å². The highest BCUT2D eigenvalue weighted by molar-refractivity contribution is 7.09. The third kappa shape index (κ3) is 4.25. The number of halogens is 2. The van der Waals surface area contributed by atoms with Gasteiger partial charge < -0.3 is 10.6 Å². The maximum Gasteiger partial charge on any atom is 0.319 e. The van der Waals surface area contributed by atoms with Crippen molar-refractivity contribution in [1.82, 2.24) is 25.2 Å². The van der Waals surface area contributed by atoms with E-state index in [1.807, 2.05) is 5.38 Å². The van der Waals surface area contributed by atoms with Crippen LogP contribution in [0.2, 0.25) is 0 Å². The fourth-order valence-electron chi connectivity index (χ4n) is 2.16. The minimum Gasteiger partial charge on any atom is -0.338 e. The van der Waals surface area contributed by atoms with Crippen LogP contribution in [0.3, 0.4) is 0 Å². The molecule has 9 heteroatoms. The van der Waals surface area contributed by atoms with Gasteiger partial charge in [-0.05, 0) is 12.8 Å². The lowest BCUT2D eigenvalue weighted by Gasteiger charge is -2.08. The maximum absolute atomic E-state index is 12.6. The number of nitrogens with one attached hydrogen (secondary N) is 2. The van der Waals surface area contributed by atoms with Crippen molar-refractivity contribution in [1.29, 1.82) is 0 Å². The summed E-state index contributed by atoms with van der Waals surface area (Å²) in [6, 6.07) is -0.346. The molecule has 0 atom stereocenters. The number of nitrogens with zero attached hydrogens (tertiary/aromatic N) is 3. The lowest BCUT2D eigenvalue weighted by Crippen LogP contribution is -2.36. The first kappa shape index (κ1) is 15.9. The van der Waals surface area contributed by atoms with Gasteiger partial charge in [0.1, 0.15) is 5.82 Å². The molecule has 0 aliphatic heterocycles. The van der Waals surface area contributed by atoms with E-state index in [2.05, 4.69) is 20.6 Å². The largest absolute Gasteiger partial charge is 0.338 e. The van der Waals surface area contributed by atoms with E-state index >= 15 is 0 Å². The van der Waals surface area contributed by atoms with Gasteiger partial charge in [0, 0.05) is 36.7 Å². The zero-order valence-electron chi connectivity index (χ0n) is 12.3. The maximum atomic E-state index is 12.6. The van der Waals surface area contributed by atoms with E-state index in [9.17, 15) is 13.6 Å². The first-order valence-corrected chi connectivity index (χ1v) is 8.27. The van der Waals surface area contributed by atoms with Crippen molar-refractivity contribution in [2.75, 3.05) is 6.54 Å². The molecule has 3 rings (SSSR count). The molecule has 2 N–H and O–H groups in total. The summed E-state index contributed by atoms with van der Waals surface area (Å²) in [6.07, 6.45) is 5.19. The molecule has 0 aromatic carbocycles. The third-order valence-corrected chi connectivity index (χ3v) is 4.58. The van der Waals surface area contributed by atoms with Crippen molar-refractivity contribution < 1.29 is 13.6 Å². The van der Waals surface area contributed by atoms with Crippen LogP contribution in [0.15, 0.2) is 17.8 Å². The highest BCUT2D eigenvalue weighted by Crippen LogP contribution is 2.41. The standard InChI is InChI=1S/C14H17F2N5OS/c15-13(16)21-6-5-17-11(21)3-4-18-14(22)19-7-10-8-23-12(20-10)9-1-2-9/h5-6,8-9,13H,1-4,7H2,(H2,18,19,22). The van der Waals surface area contributed by atoms with Gasteiger partial charge in [-0.3, -0.25) is 4.57 Å². The molecule has 0 spiro atoms. The Morgan fingerprint density at radius 3 is 3.00 bits per heavy atom. The Labute approximate surface area is 135 Å². The summed E-state index contributed by atoms with van der Waals surface area (Å²) >= 11 is 1.63. The zero-order chi connectivity index (χ0) is 16.2. The van der Waals surface area contributed by atoms with Gasteiger partial charge in [-0.15, -0.1) is 11.3 Å². The van der Waals surface area contributed by atoms with Crippen molar-refractivity contribution >= 4 is 17.4 Å². The minimum absolute atomic E-state index is 0.236. The number of urea groups is 1. The molecule has 1 fully saturated rings. The summed E-state index contributed by atoms with van der Waals surface area (Å²) < 4.78 is 26.1. The van der Waals surface area contributed by atoms with E-state index in [4.69, 9.17) is 0 Å². The van der Waals surface area contributed by atoms with Crippen LogP contribution in [-0.4, -0.2) is 27.1 Å². The number of carbonyl (C=O) groups excluding carboxylic acids is 1. The van der Waals surface area contributed by atoms with Crippen molar-refractivity contribution in [2.45, 2.75) is 38.3 Å². The monoisotopic (exact) mass is 341 g/mol. The normalized spacial score (nSPS) is 14.2. The predicted octanol–water partition coefficient (Wildman–Crippen LogP) is 2.65. The Morgan fingerprint density at radius 1 is 1.43 bits per heavy atom. The first-order chi connectivity index (χ1) is 11.1. The fraction of sp³-hybridized carbons (Fsp3) is 0.500. The average Bonchev–Trinajstić information content (AvgIpc) is 3.08. The second-order valence-corrected chi connectivity index (χ2v) is 6.23. The molecule has 1 aliphatic rings. The Kier molecular flexibility index (Phi) is 4.85. The van der Waals surface area contributed by atoms with E-state index in [-0.39, 0.29) is 24.8 Å². The van der Waals surface area contributed by atoms with Crippen LogP contribution in [-0.2, 0) is 13.0 Å². The Hall–Kier alpha value is -2.03. The molecule has 6 nitrogen and oxygen atoms in total. The van der Waals surface area contributed by atoms with Crippen LogP contribution in [0, 0.1) is 0 Å². The quantitative estimate of drug-likeness (QED) is 0.813. The van der Waals surface area contributed by atoms with Gasteiger partial charge in [0.2, 0.25) is 0 Å². The van der Waals surface area contributed by atoms with Gasteiger partial charge in [-0.1, -0.05) is 0 Å². The molecule has 2 heterocycles. The van der Waals surface area contributed by atoms with Gasteiger partial charge in [-0.25, -0.2) is 14.8 Å². The van der Waals surface area contributed by atoms with Crippen LogP contribution < -0.4 is 10.6 Å². The smallest absolute Gasteiger partial charge is 0.319 e. The van der Waals surface area contributed by atoms with Crippen LogP contribution >= 0.6 is 11.3 Å². The molecular formula is C14H17F2N5OS. The molecule has 2 aromatic heterocycles. The Morgan fingerprint density at radius 2 is 2.26 bits per heavy atom. The SMILES string of the molecule is O=C(NCCc1nccn1C(F)F)NCc1csc(C2CC2)n1. The van der Waals surface area contributed by atoms with Gasteiger partial charge in [-0.2, -0.15) is 8.78 Å². The van der Waals surface area contributed by atoms with E-state index < -0.39 is 6.55 Å². The summed E-state index contributed by atoms with van der Waals surface area (Å²) in [5.74, 6) is 0.857. The Balaban J connectivity index is 1.38. The molecule has 0 saturated heterocycles. The van der Waals surface area contributed by atoms with Crippen LogP contribution in [0.4, 0.5) is 13.6 Å². The molecule has 2 amide bonds. The van der Waals surface area contributed by atoms with Gasteiger partial charge in [0.25, 0.3) is 0 Å². The molecule has 124 valence electrons. The second kappa shape index (κ2) is 7.03. The van der Waals surface area contributed by atoms with Crippen molar-refractivity contribution in [2.24, 2.45) is 0 Å². The number of carbonyl (C=O) groups is 1. The number of thiazole rings is 1. The summed E-state index contributed by atoms with van der Waals surface area (Å²) in [5, 5.41) is 8.43. The third-order valence-electron chi connectivity index (χ3n) is 3.52. The molecule has 0 radical (unpaired) electrons. The van der Waals surface area contributed by atoms with Crippen LogP contribution in [0.5, 0.6) is 0 Å². The Bertz CT molecular complexity index is 668. The molecular weight excluding hydrogens is 324 g/mol. The fourth-order valence-corrected chi connectivity index (χ4v) is 3.15. The zero-order valence-corrected chi connectivity index (χ0v) is 13.2. The van der Waals surface area contributed by atoms with Crippen molar-refractivity contribution in [3.05, 3.63) is 34.3 Å². The molecule has 0 bridgehead atoms. The number of alkyl halides is 2. The number of amides is 2. The van der Waals surface area contributed by atoms with Gasteiger partial charge in [0.05, 0.1) is 17.2 Å². The molecule has 1 saturated carbocycles. The lowest BCUT2D eigenvalue weighted by molar-refractivity contribution is 0.0670. The van der Waals surface area contributed by atoms with Crippen LogP contribution in [0.1, 0.15) is 41.8 Å². The van der Waals surface area contributed by atoms with Gasteiger partial charge >= 0.3 is 12.6 Å². The first-order valence-electron chi connectivity index (χ1n) is 7.39. The van der Waals surface area contributed by atoms with Gasteiger partial charge in [0.15, 0.2) is 0 Å². The molecule has 0 unspecified atom stereocenters. The summed E-state index contributed by atoms with van der Waals surface area (Å²) in [7, 11) is 0.